The van der Waals surface area contributed by atoms with Crippen molar-refractivity contribution in [2.24, 2.45) is 15.0 Å². The molecule has 2 aliphatic heterocycles. The lowest BCUT2D eigenvalue weighted by Gasteiger charge is -2.23. The number of hydrogen-bond donors (Lipinski definition) is 1. The van der Waals surface area contributed by atoms with Crippen LogP contribution in [0.4, 0.5) is 0 Å². The fourth-order valence-electron chi connectivity index (χ4n) is 7.00. The maximum atomic E-state index is 6.54. The van der Waals surface area contributed by atoms with Gasteiger partial charge in [0.15, 0.2) is 6.17 Å². The molecule has 0 fully saturated rings. The highest BCUT2D eigenvalue weighted by Gasteiger charge is 2.28. The van der Waals surface area contributed by atoms with Crippen LogP contribution >= 0.6 is 0 Å². The number of furan rings is 2. The van der Waals surface area contributed by atoms with Gasteiger partial charge in [-0.15, -0.1) is 0 Å². The lowest BCUT2D eigenvalue weighted by Crippen LogP contribution is -2.36. The molecule has 1 N–H and O–H groups in total. The molecule has 2 aliphatic rings. The summed E-state index contributed by atoms with van der Waals surface area (Å²) in [6, 6.07) is 43.8. The molecule has 0 bridgehead atoms. The van der Waals surface area contributed by atoms with Gasteiger partial charge < -0.3 is 14.2 Å². The maximum absolute atomic E-state index is 6.54. The van der Waals surface area contributed by atoms with E-state index in [2.05, 4.69) is 101 Å². The molecule has 0 amide bonds. The first kappa shape index (κ1) is 26.0. The summed E-state index contributed by atoms with van der Waals surface area (Å²) < 4.78 is 12.8. The van der Waals surface area contributed by atoms with Crippen LogP contribution in [0.15, 0.2) is 151 Å². The standard InChI is InChI=1S/C41H26N4O2/c1-2-10-25(11-3-1)28-19-20-31(37-32-22-42-23-35(32)47-38(28)37)41-44-39(27-18-17-24-9-4-5-12-26(24)21-27)43-40(45-41)30-14-8-16-34-36(30)29-13-6-7-15-33(29)46-34/h1-22,39H,23H2,(H,43,44,45). The van der Waals surface area contributed by atoms with Gasteiger partial charge in [0.1, 0.15) is 34.2 Å². The first-order chi connectivity index (χ1) is 23.3. The Hall–Kier alpha value is -6.27. The van der Waals surface area contributed by atoms with Gasteiger partial charge in [0.25, 0.3) is 0 Å². The Bertz CT molecular complexity index is 2640. The van der Waals surface area contributed by atoms with Crippen LogP contribution in [0, 0.1) is 0 Å². The average Bonchev–Trinajstić information content (AvgIpc) is 3.85. The summed E-state index contributed by atoms with van der Waals surface area (Å²) in [4.78, 5) is 15.1. The highest BCUT2D eigenvalue weighted by atomic mass is 16.3. The Morgan fingerprint density at radius 1 is 0.596 bits per heavy atom. The second kappa shape index (κ2) is 10.1. The van der Waals surface area contributed by atoms with Crippen molar-refractivity contribution < 1.29 is 8.83 Å². The Balaban J connectivity index is 1.20. The monoisotopic (exact) mass is 606 g/mol. The minimum Gasteiger partial charge on any atom is -0.458 e. The largest absolute Gasteiger partial charge is 0.458 e. The van der Waals surface area contributed by atoms with Crippen LogP contribution in [-0.4, -0.2) is 17.9 Å². The molecular formula is C41H26N4O2. The molecule has 0 spiro atoms. The molecule has 0 aliphatic carbocycles. The number of hydrogen-bond acceptors (Lipinski definition) is 6. The van der Waals surface area contributed by atoms with Crippen LogP contribution in [0.3, 0.4) is 0 Å². The van der Waals surface area contributed by atoms with E-state index in [4.69, 9.17) is 18.8 Å². The molecule has 222 valence electrons. The van der Waals surface area contributed by atoms with E-state index in [1.165, 1.54) is 5.39 Å². The van der Waals surface area contributed by atoms with Crippen LogP contribution in [0.5, 0.6) is 0 Å². The molecule has 6 heteroatoms. The lowest BCUT2D eigenvalue weighted by atomic mass is 9.96. The van der Waals surface area contributed by atoms with Crippen LogP contribution in [0.2, 0.25) is 0 Å². The fourth-order valence-corrected chi connectivity index (χ4v) is 7.00. The number of para-hydroxylation sites is 1. The Kier molecular flexibility index (Phi) is 5.60. The van der Waals surface area contributed by atoms with Crippen LogP contribution in [0.1, 0.15) is 34.2 Å². The summed E-state index contributed by atoms with van der Waals surface area (Å²) in [5.41, 5.74) is 8.56. The molecule has 6 aromatic carbocycles. The molecule has 1 unspecified atom stereocenters. The van der Waals surface area contributed by atoms with Crippen molar-refractivity contribution in [1.82, 2.24) is 5.32 Å². The maximum Gasteiger partial charge on any atom is 0.169 e. The highest BCUT2D eigenvalue weighted by Crippen LogP contribution is 2.39. The molecule has 8 aromatic rings. The topological polar surface area (TPSA) is 75.4 Å². The predicted molar refractivity (Wildman–Crippen MR) is 190 cm³/mol. The van der Waals surface area contributed by atoms with Gasteiger partial charge in [-0.05, 0) is 52.2 Å². The SMILES string of the molecule is C1=NCc2oc3c(-c4ccccc4)ccc(C4=NC(c5ccc6ccccc6c5)N=C(c5cccc6oc7ccccc7c56)N4)c3c21. The fraction of sp³-hybridized carbons (Fsp3) is 0.0488. The lowest BCUT2D eigenvalue weighted by molar-refractivity contribution is 0.558. The molecule has 0 saturated carbocycles. The Morgan fingerprint density at radius 3 is 2.23 bits per heavy atom. The van der Waals surface area contributed by atoms with Crippen molar-refractivity contribution in [2.45, 2.75) is 12.7 Å². The number of nitrogens with zero attached hydrogens (tertiary/aromatic N) is 3. The number of nitrogens with one attached hydrogen (secondary N) is 1. The summed E-state index contributed by atoms with van der Waals surface area (Å²) in [7, 11) is 0. The molecule has 0 saturated heterocycles. The zero-order valence-electron chi connectivity index (χ0n) is 25.1. The third-order valence-electron chi connectivity index (χ3n) is 9.22. The van der Waals surface area contributed by atoms with E-state index < -0.39 is 6.17 Å². The van der Waals surface area contributed by atoms with Gasteiger partial charge in [-0.3, -0.25) is 4.99 Å². The van der Waals surface area contributed by atoms with Crippen molar-refractivity contribution in [3.63, 3.8) is 0 Å². The van der Waals surface area contributed by atoms with Crippen molar-refractivity contribution in [1.29, 1.82) is 0 Å². The van der Waals surface area contributed by atoms with Crippen LogP contribution in [-0.2, 0) is 6.54 Å². The quantitative estimate of drug-likeness (QED) is 0.217. The zero-order chi connectivity index (χ0) is 30.9. The first-order valence-corrected chi connectivity index (χ1v) is 15.7. The van der Waals surface area contributed by atoms with Crippen LogP contribution in [0.25, 0.3) is 54.8 Å². The van der Waals surface area contributed by atoms with Crippen molar-refractivity contribution in [2.75, 3.05) is 0 Å². The van der Waals surface area contributed by atoms with Crippen LogP contribution < -0.4 is 5.32 Å². The summed E-state index contributed by atoms with van der Waals surface area (Å²) in [6.45, 7) is 0.527. The van der Waals surface area contributed by atoms with Gasteiger partial charge in [0.2, 0.25) is 0 Å². The van der Waals surface area contributed by atoms with E-state index in [9.17, 15) is 0 Å². The zero-order valence-corrected chi connectivity index (χ0v) is 25.1. The van der Waals surface area contributed by atoms with Crippen molar-refractivity contribution >= 4 is 61.6 Å². The molecule has 1 atom stereocenters. The highest BCUT2D eigenvalue weighted by molar-refractivity contribution is 6.26. The molecule has 4 heterocycles. The van der Waals surface area contributed by atoms with Gasteiger partial charge in [-0.25, -0.2) is 9.98 Å². The van der Waals surface area contributed by atoms with Crippen molar-refractivity contribution in [3.05, 3.63) is 155 Å². The smallest absolute Gasteiger partial charge is 0.169 e. The summed E-state index contributed by atoms with van der Waals surface area (Å²) in [5, 5.41) is 9.08. The molecule has 6 nitrogen and oxygen atoms in total. The summed E-state index contributed by atoms with van der Waals surface area (Å²) in [6.07, 6.45) is 1.45. The van der Waals surface area contributed by atoms with E-state index in [1.54, 1.807) is 0 Å². The molecule has 2 aromatic heterocycles. The number of benzene rings is 6. The van der Waals surface area contributed by atoms with E-state index in [0.29, 0.717) is 6.54 Å². The molecule has 10 rings (SSSR count). The Labute approximate surface area is 269 Å². The molecule has 47 heavy (non-hydrogen) atoms. The predicted octanol–water partition coefficient (Wildman–Crippen LogP) is 9.58. The van der Waals surface area contributed by atoms with E-state index in [0.717, 1.165) is 89.1 Å². The van der Waals surface area contributed by atoms with Gasteiger partial charge in [-0.2, -0.15) is 0 Å². The summed E-state index contributed by atoms with van der Waals surface area (Å²) in [5.74, 6) is 2.33. The van der Waals surface area contributed by atoms with E-state index in [-0.39, 0.29) is 0 Å². The Morgan fingerprint density at radius 2 is 1.34 bits per heavy atom. The first-order valence-electron chi connectivity index (χ1n) is 15.7. The molecule has 0 radical (unpaired) electrons. The minimum absolute atomic E-state index is 0.475. The number of rotatable bonds is 4. The second-order valence-corrected chi connectivity index (χ2v) is 12.0. The number of aliphatic imine (C=N–C) groups is 3. The average molecular weight is 607 g/mol. The third kappa shape index (κ3) is 4.08. The van der Waals surface area contributed by atoms with Gasteiger partial charge in [0.05, 0.1) is 6.54 Å². The summed E-state index contributed by atoms with van der Waals surface area (Å²) >= 11 is 0. The van der Waals surface area contributed by atoms with Gasteiger partial charge in [-0.1, -0.05) is 97.1 Å². The van der Waals surface area contributed by atoms with E-state index >= 15 is 0 Å². The number of fused-ring (bicyclic) bond motifs is 7. The van der Waals surface area contributed by atoms with Gasteiger partial charge >= 0.3 is 0 Å². The normalized spacial score (nSPS) is 15.7. The third-order valence-corrected chi connectivity index (χ3v) is 9.22. The number of amidine groups is 2. The van der Waals surface area contributed by atoms with E-state index in [1.807, 2.05) is 42.6 Å². The second-order valence-electron chi connectivity index (χ2n) is 12.0. The van der Waals surface area contributed by atoms with Gasteiger partial charge in [0, 0.05) is 44.6 Å². The molecular weight excluding hydrogens is 580 g/mol. The van der Waals surface area contributed by atoms with Crippen molar-refractivity contribution in [3.8, 4) is 11.1 Å². The minimum atomic E-state index is -0.475.